The number of hydrogen-bond donors (Lipinski definition) is 2. The molecular weight excluding hydrogens is 453 g/mol. The van der Waals surface area contributed by atoms with Gasteiger partial charge in [0.1, 0.15) is 6.61 Å². The van der Waals surface area contributed by atoms with Crippen LogP contribution in [0.2, 0.25) is 10.0 Å². The smallest absolute Gasteiger partial charge is 0.171 e. The van der Waals surface area contributed by atoms with E-state index < -0.39 is 0 Å². The van der Waals surface area contributed by atoms with Crippen LogP contribution >= 0.6 is 35.4 Å². The maximum absolute atomic E-state index is 9.87. The molecule has 0 radical (unpaired) electrons. The Morgan fingerprint density at radius 1 is 1.10 bits per heavy atom. The van der Waals surface area contributed by atoms with E-state index in [9.17, 15) is 5.26 Å². The van der Waals surface area contributed by atoms with Crippen molar-refractivity contribution >= 4 is 40.5 Å². The highest BCUT2D eigenvalue weighted by Gasteiger charge is 2.32. The standard InChI is InChI=1S/C23H23Cl2N3O2S/c1-23(2,3)21-15(11-26)20(27-22(31)28-21)14-6-8-18(19(10-14)29-4)30-12-13-5-7-16(24)17(25)9-13/h5-10,20H,12H2,1-4H3,(H2,27,28,31)/t20-/m0/s1. The molecule has 0 saturated heterocycles. The normalized spacial score (nSPS) is 16.3. The number of thiocarbonyl (C=S) groups is 1. The summed E-state index contributed by atoms with van der Waals surface area (Å²) in [5, 5.41) is 17.7. The molecule has 0 amide bonds. The van der Waals surface area contributed by atoms with Crippen LogP contribution in [-0.2, 0) is 6.61 Å². The highest BCUT2D eigenvalue weighted by atomic mass is 35.5. The van der Waals surface area contributed by atoms with Crippen molar-refractivity contribution < 1.29 is 9.47 Å². The van der Waals surface area contributed by atoms with Crippen molar-refractivity contribution in [2.24, 2.45) is 5.41 Å². The van der Waals surface area contributed by atoms with Crippen LogP contribution in [0.15, 0.2) is 47.7 Å². The fraction of sp³-hybridized carbons (Fsp3) is 0.304. The quantitative estimate of drug-likeness (QED) is 0.522. The summed E-state index contributed by atoms with van der Waals surface area (Å²) in [6, 6.07) is 12.9. The Hall–Kier alpha value is -2.46. The van der Waals surface area contributed by atoms with E-state index in [0.29, 0.717) is 38.8 Å². The van der Waals surface area contributed by atoms with E-state index >= 15 is 0 Å². The average molecular weight is 476 g/mol. The number of nitrogens with one attached hydrogen (secondary N) is 2. The number of benzene rings is 2. The molecule has 2 aromatic rings. The van der Waals surface area contributed by atoms with Gasteiger partial charge in [-0.1, -0.05) is 56.1 Å². The van der Waals surface area contributed by atoms with Crippen molar-refractivity contribution in [3.8, 4) is 17.6 Å². The molecule has 0 unspecified atom stereocenters. The summed E-state index contributed by atoms with van der Waals surface area (Å²) < 4.78 is 11.5. The molecule has 1 aliphatic heterocycles. The van der Waals surface area contributed by atoms with Gasteiger partial charge in [0.05, 0.1) is 34.8 Å². The predicted octanol–water partition coefficient (Wildman–Crippen LogP) is 5.92. The number of ether oxygens (including phenoxy) is 2. The van der Waals surface area contributed by atoms with Crippen LogP contribution in [-0.4, -0.2) is 12.2 Å². The summed E-state index contributed by atoms with van der Waals surface area (Å²) in [5.41, 5.74) is 2.87. The van der Waals surface area contributed by atoms with Crippen LogP contribution in [0, 0.1) is 16.7 Å². The zero-order valence-corrected chi connectivity index (χ0v) is 20.0. The van der Waals surface area contributed by atoms with Gasteiger partial charge < -0.3 is 20.1 Å². The minimum absolute atomic E-state index is 0.261. The number of nitrogens with zero attached hydrogens (tertiary/aromatic N) is 1. The number of hydrogen-bond acceptors (Lipinski definition) is 4. The Morgan fingerprint density at radius 3 is 2.45 bits per heavy atom. The summed E-state index contributed by atoms with van der Waals surface area (Å²) in [6.07, 6.45) is 0. The SMILES string of the molecule is COc1cc([C@@H]2NC(=S)NC(C(C)(C)C)=C2C#N)ccc1OCc1ccc(Cl)c(Cl)c1. The molecule has 31 heavy (non-hydrogen) atoms. The van der Waals surface area contributed by atoms with Crippen molar-refractivity contribution in [2.45, 2.75) is 33.4 Å². The van der Waals surface area contributed by atoms with Gasteiger partial charge in [0.15, 0.2) is 16.6 Å². The zero-order valence-electron chi connectivity index (χ0n) is 17.7. The Labute approximate surface area is 197 Å². The third-order valence-corrected chi connectivity index (χ3v) is 5.80. The first-order valence-electron chi connectivity index (χ1n) is 9.61. The molecule has 0 aliphatic carbocycles. The molecule has 2 N–H and O–H groups in total. The van der Waals surface area contributed by atoms with Gasteiger partial charge >= 0.3 is 0 Å². The fourth-order valence-electron chi connectivity index (χ4n) is 3.30. The fourth-order valence-corrected chi connectivity index (χ4v) is 3.84. The van der Waals surface area contributed by atoms with Crippen molar-refractivity contribution in [2.75, 3.05) is 7.11 Å². The minimum atomic E-state index is -0.383. The molecule has 1 heterocycles. The Morgan fingerprint density at radius 2 is 1.84 bits per heavy atom. The number of nitriles is 1. The van der Waals surface area contributed by atoms with Gasteiger partial charge in [0, 0.05) is 11.1 Å². The van der Waals surface area contributed by atoms with E-state index in [0.717, 1.165) is 16.8 Å². The van der Waals surface area contributed by atoms with Crippen molar-refractivity contribution in [3.05, 3.63) is 68.8 Å². The lowest BCUT2D eigenvalue weighted by Crippen LogP contribution is -2.46. The van der Waals surface area contributed by atoms with Crippen LogP contribution in [0.25, 0.3) is 0 Å². The summed E-state index contributed by atoms with van der Waals surface area (Å²) >= 11 is 17.4. The van der Waals surface area contributed by atoms with Crippen LogP contribution < -0.4 is 20.1 Å². The second-order valence-corrected chi connectivity index (χ2v) is 9.35. The molecule has 0 fully saturated rings. The van der Waals surface area contributed by atoms with Gasteiger partial charge in [-0.25, -0.2) is 0 Å². The van der Waals surface area contributed by atoms with Crippen molar-refractivity contribution in [1.82, 2.24) is 10.6 Å². The lowest BCUT2D eigenvalue weighted by molar-refractivity contribution is 0.284. The van der Waals surface area contributed by atoms with E-state index in [1.54, 1.807) is 19.2 Å². The number of halogens is 2. The number of methoxy groups -OCH3 is 1. The Kier molecular flexibility index (Phi) is 7.00. The summed E-state index contributed by atoms with van der Waals surface area (Å²) in [4.78, 5) is 0. The molecule has 1 aliphatic rings. The zero-order chi connectivity index (χ0) is 22.8. The van der Waals surface area contributed by atoms with E-state index in [1.165, 1.54) is 0 Å². The molecule has 2 aromatic carbocycles. The Bertz CT molecular complexity index is 1090. The highest BCUT2D eigenvalue weighted by Crippen LogP contribution is 2.37. The van der Waals surface area contributed by atoms with Gasteiger partial charge in [0.25, 0.3) is 0 Å². The minimum Gasteiger partial charge on any atom is -0.493 e. The van der Waals surface area contributed by atoms with E-state index in [2.05, 4.69) is 16.7 Å². The number of rotatable bonds is 5. The monoisotopic (exact) mass is 475 g/mol. The first-order valence-corrected chi connectivity index (χ1v) is 10.8. The third kappa shape index (κ3) is 5.24. The summed E-state index contributed by atoms with van der Waals surface area (Å²) in [5.74, 6) is 1.13. The molecule has 0 saturated carbocycles. The van der Waals surface area contributed by atoms with E-state index in [1.807, 2.05) is 45.0 Å². The van der Waals surface area contributed by atoms with Gasteiger partial charge in [-0.15, -0.1) is 0 Å². The van der Waals surface area contributed by atoms with Gasteiger partial charge in [0.2, 0.25) is 0 Å². The first kappa shape index (κ1) is 23.2. The molecule has 0 spiro atoms. The van der Waals surface area contributed by atoms with Gasteiger partial charge in [-0.2, -0.15) is 5.26 Å². The topological polar surface area (TPSA) is 66.3 Å². The van der Waals surface area contributed by atoms with E-state index in [-0.39, 0.29) is 11.5 Å². The summed E-state index contributed by atoms with van der Waals surface area (Å²) in [7, 11) is 1.58. The lowest BCUT2D eigenvalue weighted by atomic mass is 9.84. The maximum atomic E-state index is 9.87. The molecule has 1 atom stereocenters. The largest absolute Gasteiger partial charge is 0.493 e. The van der Waals surface area contributed by atoms with Gasteiger partial charge in [-0.05, 0) is 47.6 Å². The second kappa shape index (κ2) is 9.35. The van der Waals surface area contributed by atoms with E-state index in [4.69, 9.17) is 44.9 Å². The molecule has 0 aromatic heterocycles. The summed E-state index contributed by atoms with van der Waals surface area (Å²) in [6.45, 7) is 6.43. The molecule has 8 heteroatoms. The molecule has 162 valence electrons. The van der Waals surface area contributed by atoms with Crippen molar-refractivity contribution in [1.29, 1.82) is 5.26 Å². The number of allylic oxidation sites excluding steroid dienone is 1. The Balaban J connectivity index is 1.90. The second-order valence-electron chi connectivity index (χ2n) is 8.13. The molecular formula is C23H23Cl2N3O2S. The molecule has 5 nitrogen and oxygen atoms in total. The maximum Gasteiger partial charge on any atom is 0.171 e. The highest BCUT2D eigenvalue weighted by molar-refractivity contribution is 7.80. The third-order valence-electron chi connectivity index (χ3n) is 4.84. The molecule has 3 rings (SSSR count). The lowest BCUT2D eigenvalue weighted by Gasteiger charge is -2.35. The first-order chi connectivity index (χ1) is 14.6. The molecule has 0 bridgehead atoms. The predicted molar refractivity (Wildman–Crippen MR) is 127 cm³/mol. The van der Waals surface area contributed by atoms with Crippen LogP contribution in [0.4, 0.5) is 0 Å². The van der Waals surface area contributed by atoms with Crippen LogP contribution in [0.5, 0.6) is 11.5 Å². The average Bonchev–Trinajstić information content (AvgIpc) is 2.73. The van der Waals surface area contributed by atoms with Crippen LogP contribution in [0.1, 0.15) is 37.9 Å². The van der Waals surface area contributed by atoms with Crippen LogP contribution in [0.3, 0.4) is 0 Å². The van der Waals surface area contributed by atoms with Gasteiger partial charge in [-0.3, -0.25) is 0 Å². The van der Waals surface area contributed by atoms with Crippen molar-refractivity contribution in [3.63, 3.8) is 0 Å².